The molecule has 3 heterocycles. The Bertz CT molecular complexity index is 1160. The Morgan fingerprint density at radius 1 is 1.27 bits per heavy atom. The maximum absolute atomic E-state index is 9.14. The zero-order valence-electron chi connectivity index (χ0n) is 14.1. The molecule has 26 heavy (non-hydrogen) atoms. The molecule has 0 aliphatic heterocycles. The van der Waals surface area contributed by atoms with Gasteiger partial charge in [-0.05, 0) is 42.4 Å². The van der Waals surface area contributed by atoms with Crippen LogP contribution in [0.25, 0.3) is 31.6 Å². The number of allylic oxidation sites excluding steroid dienone is 2. The van der Waals surface area contributed by atoms with E-state index >= 15 is 0 Å². The van der Waals surface area contributed by atoms with Crippen LogP contribution < -0.4 is 0 Å². The summed E-state index contributed by atoms with van der Waals surface area (Å²) in [5, 5.41) is 15.0. The largest absolute Gasteiger partial charge is 0.253 e. The standard InChI is InChI=1S/C21H16N4S/c22-12-14-5-7-15(8-6-14)20-21-17(13-24-25(21)10-9-23-20)19-11-16-3-1-2-4-18(16)26-19/h1-4,7,9-11,13-14H,5-6,8H2. The van der Waals surface area contributed by atoms with Crippen LogP contribution in [0.5, 0.6) is 0 Å². The first-order valence-electron chi connectivity index (χ1n) is 8.74. The Morgan fingerprint density at radius 3 is 3.00 bits per heavy atom. The molecule has 0 bridgehead atoms. The second-order valence-corrected chi connectivity index (χ2v) is 7.69. The molecule has 1 aliphatic carbocycles. The Morgan fingerprint density at radius 2 is 2.19 bits per heavy atom. The normalized spacial score (nSPS) is 17.3. The first kappa shape index (κ1) is 15.3. The van der Waals surface area contributed by atoms with E-state index in [9.17, 15) is 0 Å². The van der Waals surface area contributed by atoms with E-state index in [1.54, 1.807) is 17.5 Å². The highest BCUT2D eigenvalue weighted by Gasteiger charge is 2.20. The van der Waals surface area contributed by atoms with Crippen molar-refractivity contribution in [3.63, 3.8) is 0 Å². The molecule has 1 atom stereocenters. The van der Waals surface area contributed by atoms with Crippen molar-refractivity contribution >= 4 is 32.5 Å². The predicted molar refractivity (Wildman–Crippen MR) is 105 cm³/mol. The van der Waals surface area contributed by atoms with E-state index in [0.717, 1.165) is 36.0 Å². The van der Waals surface area contributed by atoms with Crippen LogP contribution in [0.2, 0.25) is 0 Å². The van der Waals surface area contributed by atoms with Gasteiger partial charge in [0, 0.05) is 27.5 Å². The molecule has 4 aromatic rings. The van der Waals surface area contributed by atoms with Crippen molar-refractivity contribution in [3.05, 3.63) is 60.7 Å². The van der Waals surface area contributed by atoms with Gasteiger partial charge in [0.2, 0.25) is 0 Å². The predicted octanol–water partition coefficient (Wildman–Crippen LogP) is 5.32. The van der Waals surface area contributed by atoms with Crippen molar-refractivity contribution in [2.24, 2.45) is 5.92 Å². The van der Waals surface area contributed by atoms with Crippen molar-refractivity contribution in [1.29, 1.82) is 5.26 Å². The van der Waals surface area contributed by atoms with Crippen LogP contribution in [-0.4, -0.2) is 14.6 Å². The molecule has 0 N–H and O–H groups in total. The van der Waals surface area contributed by atoms with E-state index in [-0.39, 0.29) is 5.92 Å². The fourth-order valence-electron chi connectivity index (χ4n) is 3.64. The molecule has 1 aliphatic rings. The minimum atomic E-state index is 0.130. The molecule has 0 saturated carbocycles. The van der Waals surface area contributed by atoms with Gasteiger partial charge in [-0.15, -0.1) is 11.3 Å². The fraction of sp³-hybridized carbons (Fsp3) is 0.190. The first-order valence-corrected chi connectivity index (χ1v) is 9.55. The molecule has 4 nitrogen and oxygen atoms in total. The molecule has 126 valence electrons. The highest BCUT2D eigenvalue weighted by atomic mass is 32.1. The van der Waals surface area contributed by atoms with Crippen LogP contribution in [0.15, 0.2) is 55.0 Å². The summed E-state index contributed by atoms with van der Waals surface area (Å²) in [6, 6.07) is 13.1. The van der Waals surface area contributed by atoms with E-state index in [0.29, 0.717) is 0 Å². The zero-order valence-corrected chi connectivity index (χ0v) is 14.9. The number of hydrogen-bond donors (Lipinski definition) is 0. The van der Waals surface area contributed by atoms with Gasteiger partial charge in [0.25, 0.3) is 0 Å². The minimum Gasteiger partial charge on any atom is -0.253 e. The average Bonchev–Trinajstić information content (AvgIpc) is 3.31. The third-order valence-electron chi connectivity index (χ3n) is 5.02. The highest BCUT2D eigenvalue weighted by Crippen LogP contribution is 2.38. The SMILES string of the molecule is N#CC1CC=C(c2nccn3ncc(-c4cc5ccccc5s4)c23)CC1. The number of fused-ring (bicyclic) bond motifs is 2. The summed E-state index contributed by atoms with van der Waals surface area (Å²) in [6.45, 7) is 0. The molecule has 0 amide bonds. The molecular formula is C21H16N4S. The zero-order chi connectivity index (χ0) is 17.5. The highest BCUT2D eigenvalue weighted by molar-refractivity contribution is 7.22. The molecule has 0 spiro atoms. The number of nitrogens with zero attached hydrogens (tertiary/aromatic N) is 4. The maximum atomic E-state index is 9.14. The van der Waals surface area contributed by atoms with E-state index in [1.165, 1.54) is 20.5 Å². The van der Waals surface area contributed by atoms with Gasteiger partial charge in [-0.2, -0.15) is 10.4 Å². The fourth-order valence-corrected chi connectivity index (χ4v) is 4.71. The number of rotatable bonds is 2. The lowest BCUT2D eigenvalue weighted by Crippen LogP contribution is -2.05. The topological polar surface area (TPSA) is 54.0 Å². The van der Waals surface area contributed by atoms with Gasteiger partial charge >= 0.3 is 0 Å². The molecule has 0 radical (unpaired) electrons. The van der Waals surface area contributed by atoms with Gasteiger partial charge in [-0.1, -0.05) is 24.3 Å². The van der Waals surface area contributed by atoms with Gasteiger partial charge < -0.3 is 0 Å². The summed E-state index contributed by atoms with van der Waals surface area (Å²) in [7, 11) is 0. The van der Waals surface area contributed by atoms with Gasteiger partial charge in [0.05, 0.1) is 23.9 Å². The Hall–Kier alpha value is -2.97. The Balaban J connectivity index is 1.68. The molecular weight excluding hydrogens is 340 g/mol. The average molecular weight is 356 g/mol. The second-order valence-electron chi connectivity index (χ2n) is 6.61. The van der Waals surface area contributed by atoms with Gasteiger partial charge in [0.15, 0.2) is 0 Å². The molecule has 0 fully saturated rings. The van der Waals surface area contributed by atoms with Crippen molar-refractivity contribution in [3.8, 4) is 16.5 Å². The van der Waals surface area contributed by atoms with Gasteiger partial charge in [-0.25, -0.2) is 4.52 Å². The molecule has 1 unspecified atom stereocenters. The summed E-state index contributed by atoms with van der Waals surface area (Å²) in [5.74, 6) is 0.130. The van der Waals surface area contributed by atoms with E-state index in [4.69, 9.17) is 5.26 Å². The smallest absolute Gasteiger partial charge is 0.101 e. The van der Waals surface area contributed by atoms with E-state index in [2.05, 4.69) is 52.6 Å². The van der Waals surface area contributed by atoms with Gasteiger partial charge in [-0.3, -0.25) is 4.98 Å². The molecule has 5 rings (SSSR count). The third kappa shape index (κ3) is 2.42. The third-order valence-corrected chi connectivity index (χ3v) is 6.17. The number of aromatic nitrogens is 3. The van der Waals surface area contributed by atoms with Crippen molar-refractivity contribution in [2.45, 2.75) is 19.3 Å². The molecule has 3 aromatic heterocycles. The van der Waals surface area contributed by atoms with Crippen molar-refractivity contribution < 1.29 is 0 Å². The van der Waals surface area contributed by atoms with Crippen LogP contribution >= 0.6 is 11.3 Å². The van der Waals surface area contributed by atoms with Crippen LogP contribution in [0.1, 0.15) is 25.0 Å². The van der Waals surface area contributed by atoms with Crippen LogP contribution in [0.3, 0.4) is 0 Å². The molecule has 1 aromatic carbocycles. The molecule has 5 heteroatoms. The van der Waals surface area contributed by atoms with Crippen LogP contribution in [-0.2, 0) is 0 Å². The number of nitriles is 1. The maximum Gasteiger partial charge on any atom is 0.101 e. The summed E-state index contributed by atoms with van der Waals surface area (Å²) < 4.78 is 3.19. The monoisotopic (exact) mass is 356 g/mol. The Kier molecular flexibility index (Phi) is 3.58. The van der Waals surface area contributed by atoms with Gasteiger partial charge in [0.1, 0.15) is 5.52 Å². The van der Waals surface area contributed by atoms with Crippen LogP contribution in [0, 0.1) is 17.2 Å². The first-order chi connectivity index (χ1) is 12.8. The summed E-state index contributed by atoms with van der Waals surface area (Å²) in [6.07, 6.45) is 10.4. The Labute approximate surface area is 155 Å². The van der Waals surface area contributed by atoms with Crippen molar-refractivity contribution in [2.75, 3.05) is 0 Å². The number of hydrogen-bond acceptors (Lipinski definition) is 4. The van der Waals surface area contributed by atoms with Crippen molar-refractivity contribution in [1.82, 2.24) is 14.6 Å². The number of thiophene rings is 1. The van der Waals surface area contributed by atoms with E-state index in [1.807, 2.05) is 16.9 Å². The summed E-state index contributed by atoms with van der Waals surface area (Å²) in [5.41, 5.74) is 4.40. The van der Waals surface area contributed by atoms with E-state index < -0.39 is 0 Å². The summed E-state index contributed by atoms with van der Waals surface area (Å²) in [4.78, 5) is 5.90. The lowest BCUT2D eigenvalue weighted by molar-refractivity contribution is 0.603. The van der Waals surface area contributed by atoms with Crippen LogP contribution in [0.4, 0.5) is 0 Å². The lowest BCUT2D eigenvalue weighted by Gasteiger charge is -2.17. The quantitative estimate of drug-likeness (QED) is 0.488. The second kappa shape index (κ2) is 6.08. The number of benzene rings is 1. The lowest BCUT2D eigenvalue weighted by atomic mass is 9.88. The minimum absolute atomic E-state index is 0.130. The molecule has 0 saturated heterocycles. The summed E-state index contributed by atoms with van der Waals surface area (Å²) >= 11 is 1.79.